The van der Waals surface area contributed by atoms with Gasteiger partial charge < -0.3 is 25.0 Å². The molecule has 8 nitrogen and oxygen atoms in total. The Kier molecular flexibility index (Phi) is 9.64. The number of halogens is 2. The lowest BCUT2D eigenvalue weighted by atomic mass is 10.1. The van der Waals surface area contributed by atoms with E-state index in [1.165, 1.54) is 25.3 Å². The number of methoxy groups -OCH3 is 1. The maximum absolute atomic E-state index is 14.4. The van der Waals surface area contributed by atoms with Crippen LogP contribution in [0, 0.1) is 5.82 Å². The topological polar surface area (TPSA) is 84.4 Å². The quantitative estimate of drug-likeness (QED) is 0.214. The van der Waals surface area contributed by atoms with E-state index in [0.717, 1.165) is 54.9 Å². The Hall–Kier alpha value is -3.53. The molecule has 2 N–H and O–H groups in total. The van der Waals surface area contributed by atoms with Gasteiger partial charge in [-0.3, -0.25) is 4.98 Å². The molecule has 0 amide bonds. The molecule has 0 aliphatic rings. The van der Waals surface area contributed by atoms with E-state index in [4.69, 9.17) is 21.1 Å². The fraction of sp³-hybridized carbons (Fsp3) is 0.321. The second-order valence-corrected chi connectivity index (χ2v) is 9.28. The summed E-state index contributed by atoms with van der Waals surface area (Å²) >= 11 is 6.07. The van der Waals surface area contributed by atoms with Crippen molar-refractivity contribution in [1.29, 1.82) is 0 Å². The number of nitrogens with zero attached hydrogens (tertiary/aromatic N) is 4. The first-order valence-corrected chi connectivity index (χ1v) is 12.9. The van der Waals surface area contributed by atoms with E-state index in [1.54, 1.807) is 12.3 Å². The van der Waals surface area contributed by atoms with Crippen molar-refractivity contribution in [2.24, 2.45) is 0 Å². The first-order chi connectivity index (χ1) is 18.5. The van der Waals surface area contributed by atoms with Gasteiger partial charge >= 0.3 is 0 Å². The van der Waals surface area contributed by atoms with E-state index in [0.29, 0.717) is 23.0 Å². The number of pyridine rings is 1. The molecule has 0 unspecified atom stereocenters. The maximum Gasteiger partial charge on any atom is 0.257 e. The number of likely N-dealkylation sites (N-methyl/N-ethyl adjacent to an activating group) is 1. The molecular weight excluding hydrogens is 507 g/mol. The molecule has 2 aromatic carbocycles. The van der Waals surface area contributed by atoms with E-state index in [2.05, 4.69) is 44.7 Å². The number of fused-ring (bicyclic) bond motifs is 1. The number of ether oxygens (including phenoxy) is 2. The van der Waals surface area contributed by atoms with Gasteiger partial charge in [-0.1, -0.05) is 18.5 Å². The first-order valence-electron chi connectivity index (χ1n) is 12.5. The number of nitrogens with one attached hydrogen (secondary N) is 2. The number of hydrogen-bond donors (Lipinski definition) is 2. The largest absolute Gasteiger partial charge is 0.492 e. The number of anilines is 2. The monoisotopic (exact) mass is 538 g/mol. The van der Waals surface area contributed by atoms with Crippen LogP contribution >= 0.6 is 11.6 Å². The van der Waals surface area contributed by atoms with Crippen LogP contribution in [0.1, 0.15) is 13.3 Å². The van der Waals surface area contributed by atoms with Gasteiger partial charge in [-0.05, 0) is 62.5 Å². The summed E-state index contributed by atoms with van der Waals surface area (Å²) in [6.45, 7) is 6.54. The molecule has 0 saturated carbocycles. The van der Waals surface area contributed by atoms with Crippen molar-refractivity contribution in [2.45, 2.75) is 13.3 Å². The highest BCUT2D eigenvalue weighted by atomic mass is 35.5. The molecule has 0 aliphatic carbocycles. The minimum Gasteiger partial charge on any atom is -0.492 e. The molecule has 0 atom stereocenters. The van der Waals surface area contributed by atoms with Crippen LogP contribution in [0.5, 0.6) is 11.6 Å². The highest BCUT2D eigenvalue weighted by molar-refractivity contribution is 6.30. The van der Waals surface area contributed by atoms with Crippen LogP contribution in [0.2, 0.25) is 5.02 Å². The van der Waals surface area contributed by atoms with Gasteiger partial charge in [-0.25, -0.2) is 4.39 Å². The van der Waals surface area contributed by atoms with E-state index >= 15 is 0 Å². The number of benzene rings is 2. The van der Waals surface area contributed by atoms with Crippen LogP contribution in [0.3, 0.4) is 0 Å². The van der Waals surface area contributed by atoms with Gasteiger partial charge in [-0.2, -0.15) is 0 Å². The minimum atomic E-state index is -0.444. The SMILES string of the molecule is CCCN(C)CCNCCOc1ccc2c(Nc3cc(-c4cc(Cl)ccc4F)nnc3OC)ccnc2c1. The van der Waals surface area contributed by atoms with Gasteiger partial charge in [0.15, 0.2) is 0 Å². The zero-order valence-corrected chi connectivity index (χ0v) is 22.6. The molecule has 0 fully saturated rings. The van der Waals surface area contributed by atoms with Crippen molar-refractivity contribution < 1.29 is 13.9 Å². The van der Waals surface area contributed by atoms with Gasteiger partial charge in [0, 0.05) is 53.6 Å². The van der Waals surface area contributed by atoms with Gasteiger partial charge in [0.25, 0.3) is 5.88 Å². The van der Waals surface area contributed by atoms with Crippen molar-refractivity contribution in [1.82, 2.24) is 25.4 Å². The smallest absolute Gasteiger partial charge is 0.257 e. The summed E-state index contributed by atoms with van der Waals surface area (Å²) in [6.07, 6.45) is 2.87. The highest BCUT2D eigenvalue weighted by Gasteiger charge is 2.14. The lowest BCUT2D eigenvalue weighted by Crippen LogP contribution is -2.31. The number of aromatic nitrogens is 3. The fourth-order valence-electron chi connectivity index (χ4n) is 4.05. The molecule has 0 aliphatic heterocycles. The molecular formula is C28H32ClFN6O2. The standard InChI is InChI=1S/C28H32ClFN6O2/c1-4-13-36(2)14-11-31-12-15-38-20-6-7-21-24(9-10-32-25(21)17-20)33-27-18-26(34-35-28(27)37-3)22-16-19(29)5-8-23(22)30/h5-10,16-18,31H,4,11-15H2,1-3H3,(H,32,33,34). The van der Waals surface area contributed by atoms with Gasteiger partial charge in [0.1, 0.15) is 23.9 Å². The molecule has 4 aromatic rings. The molecule has 0 saturated heterocycles. The van der Waals surface area contributed by atoms with Gasteiger partial charge in [-0.15, -0.1) is 10.2 Å². The predicted molar refractivity (Wildman–Crippen MR) is 150 cm³/mol. The van der Waals surface area contributed by atoms with E-state index in [1.807, 2.05) is 24.3 Å². The Morgan fingerprint density at radius 1 is 1.00 bits per heavy atom. The molecule has 4 rings (SSSR count). The second kappa shape index (κ2) is 13.3. The number of rotatable bonds is 13. The van der Waals surface area contributed by atoms with Crippen LogP contribution in [-0.4, -0.2) is 67.0 Å². The minimum absolute atomic E-state index is 0.250. The molecule has 38 heavy (non-hydrogen) atoms. The van der Waals surface area contributed by atoms with Crippen molar-refractivity contribution in [2.75, 3.05) is 52.3 Å². The zero-order valence-electron chi connectivity index (χ0n) is 21.8. The average molecular weight is 539 g/mol. The molecule has 0 spiro atoms. The predicted octanol–water partition coefficient (Wildman–Crippen LogP) is 5.55. The Labute approximate surface area is 227 Å². The summed E-state index contributed by atoms with van der Waals surface area (Å²) in [7, 11) is 3.63. The lowest BCUT2D eigenvalue weighted by Gasteiger charge is -2.16. The highest BCUT2D eigenvalue weighted by Crippen LogP contribution is 2.34. The van der Waals surface area contributed by atoms with Crippen molar-refractivity contribution in [3.8, 4) is 22.9 Å². The third-order valence-corrected chi connectivity index (χ3v) is 6.20. The molecule has 2 heterocycles. The molecule has 2 aromatic heterocycles. The summed E-state index contributed by atoms with van der Waals surface area (Å²) in [5.74, 6) is 0.573. The molecule has 200 valence electrons. The van der Waals surface area contributed by atoms with Crippen molar-refractivity contribution in [3.63, 3.8) is 0 Å². The summed E-state index contributed by atoms with van der Waals surface area (Å²) in [5, 5.41) is 16.3. The third-order valence-electron chi connectivity index (χ3n) is 5.96. The first kappa shape index (κ1) is 27.5. The van der Waals surface area contributed by atoms with Gasteiger partial charge in [0.2, 0.25) is 0 Å². The van der Waals surface area contributed by atoms with Crippen LogP contribution < -0.4 is 20.1 Å². The Bertz CT molecular complexity index is 1370. The fourth-order valence-corrected chi connectivity index (χ4v) is 4.22. The van der Waals surface area contributed by atoms with Crippen LogP contribution in [0.15, 0.2) is 54.7 Å². The van der Waals surface area contributed by atoms with E-state index < -0.39 is 5.82 Å². The molecule has 0 bridgehead atoms. The second-order valence-electron chi connectivity index (χ2n) is 8.84. The van der Waals surface area contributed by atoms with E-state index in [-0.39, 0.29) is 11.4 Å². The average Bonchev–Trinajstić information content (AvgIpc) is 2.92. The molecule has 10 heteroatoms. The summed E-state index contributed by atoms with van der Waals surface area (Å²) < 4.78 is 25.8. The zero-order chi connectivity index (χ0) is 26.9. The Morgan fingerprint density at radius 2 is 1.87 bits per heavy atom. The van der Waals surface area contributed by atoms with Crippen molar-refractivity contribution in [3.05, 3.63) is 65.6 Å². The summed E-state index contributed by atoms with van der Waals surface area (Å²) in [5.41, 5.74) is 2.65. The van der Waals surface area contributed by atoms with E-state index in [9.17, 15) is 4.39 Å². The van der Waals surface area contributed by atoms with Gasteiger partial charge in [0.05, 0.1) is 18.3 Å². The lowest BCUT2D eigenvalue weighted by molar-refractivity contribution is 0.299. The summed E-state index contributed by atoms with van der Waals surface area (Å²) in [4.78, 5) is 6.81. The third kappa shape index (κ3) is 7.06. The Balaban J connectivity index is 1.46. The Morgan fingerprint density at radius 3 is 2.68 bits per heavy atom. The maximum atomic E-state index is 14.4. The van der Waals surface area contributed by atoms with Crippen LogP contribution in [0.4, 0.5) is 15.8 Å². The summed E-state index contributed by atoms with van der Waals surface area (Å²) in [6, 6.07) is 13.6. The van der Waals surface area contributed by atoms with Crippen LogP contribution in [0.25, 0.3) is 22.2 Å². The molecule has 0 radical (unpaired) electrons. The normalized spacial score (nSPS) is 11.2. The number of hydrogen-bond acceptors (Lipinski definition) is 8. The van der Waals surface area contributed by atoms with Crippen molar-refractivity contribution >= 4 is 33.9 Å². The van der Waals surface area contributed by atoms with Crippen LogP contribution in [-0.2, 0) is 0 Å².